The van der Waals surface area contributed by atoms with Gasteiger partial charge in [-0.1, -0.05) is 12.1 Å². The minimum atomic E-state index is -1.15. The number of hydrogen-bond acceptors (Lipinski definition) is 7. The molecule has 1 aliphatic rings. The number of nitrogens with one attached hydrogen (secondary N) is 1. The molecule has 0 saturated carbocycles. The summed E-state index contributed by atoms with van der Waals surface area (Å²) in [4.78, 5) is 34.7. The summed E-state index contributed by atoms with van der Waals surface area (Å²) < 4.78 is -0.742. The van der Waals surface area contributed by atoms with Crippen LogP contribution in [0.15, 0.2) is 29.6 Å². The number of carboxylic acid groups (broad SMARTS) is 1. The zero-order chi connectivity index (χ0) is 18.8. The summed E-state index contributed by atoms with van der Waals surface area (Å²) in [6, 6.07) is 3.88. The third-order valence-electron chi connectivity index (χ3n) is 3.97. The summed E-state index contributed by atoms with van der Waals surface area (Å²) in [5, 5.41) is 24.4. The fraction of sp³-hybridized carbons (Fsp3) is 0.467. The van der Waals surface area contributed by atoms with Gasteiger partial charge in [-0.15, -0.1) is 16.7 Å². The third kappa shape index (κ3) is 4.02. The maximum atomic E-state index is 12.2. The molecule has 1 aromatic rings. The Hall–Kier alpha value is -2.33. The quantitative estimate of drug-likeness (QED) is 0.539. The van der Waals surface area contributed by atoms with E-state index in [0.717, 1.165) is 5.01 Å². The van der Waals surface area contributed by atoms with Crippen LogP contribution in [0.1, 0.15) is 25.5 Å². The van der Waals surface area contributed by atoms with Gasteiger partial charge in [0, 0.05) is 11.3 Å². The maximum Gasteiger partial charge on any atom is 0.329 e. The lowest BCUT2D eigenvalue weighted by molar-refractivity contribution is -0.144. The number of nitrogens with two attached hydrogens (primary N) is 1. The van der Waals surface area contributed by atoms with E-state index in [1.807, 2.05) is 0 Å². The molecule has 1 amide bonds. The molecule has 10 heteroatoms. The highest BCUT2D eigenvalue weighted by molar-refractivity contribution is 8.01. The third-order valence-corrected chi connectivity index (χ3v) is 5.46. The van der Waals surface area contributed by atoms with Crippen LogP contribution in [0, 0.1) is 4.91 Å². The van der Waals surface area contributed by atoms with Crippen LogP contribution in [0.3, 0.4) is 0 Å². The maximum absolute atomic E-state index is 12.2. The first-order chi connectivity index (χ1) is 11.7. The summed E-state index contributed by atoms with van der Waals surface area (Å²) in [6.45, 7) is 3.44. The van der Waals surface area contributed by atoms with E-state index in [1.54, 1.807) is 13.8 Å². The number of hydrogen-bond donors (Lipinski definition) is 4. The monoisotopic (exact) mass is 368 g/mol. The Morgan fingerprint density at radius 1 is 1.40 bits per heavy atom. The van der Waals surface area contributed by atoms with Crippen molar-refractivity contribution in [2.24, 2.45) is 11.0 Å². The second kappa shape index (κ2) is 7.28. The Labute approximate surface area is 148 Å². The van der Waals surface area contributed by atoms with Crippen LogP contribution in [-0.2, 0) is 9.59 Å². The highest BCUT2D eigenvalue weighted by atomic mass is 32.2. The lowest BCUT2D eigenvalue weighted by Gasteiger charge is -2.24. The van der Waals surface area contributed by atoms with E-state index in [2.05, 4.69) is 10.6 Å². The first-order valence-corrected chi connectivity index (χ1v) is 8.40. The van der Waals surface area contributed by atoms with Gasteiger partial charge in [-0.05, 0) is 31.5 Å². The van der Waals surface area contributed by atoms with Crippen LogP contribution in [0.25, 0.3) is 0 Å². The molecule has 25 heavy (non-hydrogen) atoms. The number of carbonyl (C=O) groups excluding carboxylic acids is 1. The fourth-order valence-corrected chi connectivity index (χ4v) is 4.20. The van der Waals surface area contributed by atoms with Crippen molar-refractivity contribution >= 4 is 23.6 Å². The fourth-order valence-electron chi connectivity index (χ4n) is 2.73. The Morgan fingerprint density at radius 2 is 2.00 bits per heavy atom. The minimum Gasteiger partial charge on any atom is -0.508 e. The average molecular weight is 368 g/mol. The van der Waals surface area contributed by atoms with Gasteiger partial charge in [0.15, 0.2) is 6.04 Å². The van der Waals surface area contributed by atoms with E-state index in [9.17, 15) is 24.7 Å². The first kappa shape index (κ1) is 19.0. The van der Waals surface area contributed by atoms with Crippen molar-refractivity contribution in [3.05, 3.63) is 34.7 Å². The number of aromatic hydroxyl groups is 1. The summed E-state index contributed by atoms with van der Waals surface area (Å²) in [7, 11) is 0. The van der Waals surface area contributed by atoms with Gasteiger partial charge >= 0.3 is 5.97 Å². The molecule has 0 bridgehead atoms. The van der Waals surface area contributed by atoms with Crippen LogP contribution >= 0.6 is 11.8 Å². The molecule has 0 aromatic heterocycles. The van der Waals surface area contributed by atoms with E-state index in [0.29, 0.717) is 5.56 Å². The molecule has 9 nitrogen and oxygen atoms in total. The average Bonchev–Trinajstić information content (AvgIpc) is 2.82. The molecule has 3 atom stereocenters. The molecule has 5 N–H and O–H groups in total. The Morgan fingerprint density at radius 3 is 2.52 bits per heavy atom. The number of carboxylic acids is 1. The van der Waals surface area contributed by atoms with Crippen molar-refractivity contribution in [2.45, 2.75) is 36.1 Å². The van der Waals surface area contributed by atoms with E-state index in [1.165, 1.54) is 36.0 Å². The molecule has 136 valence electrons. The van der Waals surface area contributed by atoms with E-state index >= 15 is 0 Å². The van der Waals surface area contributed by atoms with Gasteiger partial charge in [0.05, 0.1) is 5.29 Å². The highest BCUT2D eigenvalue weighted by Gasteiger charge is 2.52. The summed E-state index contributed by atoms with van der Waals surface area (Å²) in [5.74, 6) is -1.56. The molecule has 1 aliphatic heterocycles. The molecule has 0 spiro atoms. The van der Waals surface area contributed by atoms with Gasteiger partial charge < -0.3 is 21.3 Å². The predicted molar refractivity (Wildman–Crippen MR) is 92.6 cm³/mol. The molecule has 0 radical (unpaired) electrons. The van der Waals surface area contributed by atoms with Gasteiger partial charge in [0.1, 0.15) is 17.2 Å². The lowest BCUT2D eigenvalue weighted by Crippen LogP contribution is -2.47. The largest absolute Gasteiger partial charge is 0.508 e. The lowest BCUT2D eigenvalue weighted by atomic mass is 10.0. The molecule has 1 unspecified atom stereocenters. The molecule has 1 fully saturated rings. The van der Waals surface area contributed by atoms with E-state index < -0.39 is 34.1 Å². The molecule has 2 rings (SSSR count). The predicted octanol–water partition coefficient (Wildman–Crippen LogP) is 0.796. The molecular formula is C15H20N4O5S. The number of thioether (sulfide) groups is 1. The SMILES string of the molecule is CC1(C)SC(CNC(=O)[C@H](N)c2ccc(O)cc2)N(N=O)[C@H]1C(=O)O. The number of nitrogens with zero attached hydrogens (tertiary/aromatic N) is 2. The number of phenols is 1. The van der Waals surface area contributed by atoms with Crippen LogP contribution in [-0.4, -0.2) is 49.8 Å². The Balaban J connectivity index is 2.02. The number of rotatable bonds is 6. The number of nitroso groups, excluding NO2 is 1. The summed E-state index contributed by atoms with van der Waals surface area (Å²) >= 11 is 1.25. The number of carbonyl (C=O) groups is 2. The standard InChI is InChI=1S/C15H20N4O5S/c1-15(2)12(14(22)23)19(18-24)10(25-15)7-17-13(21)11(16)8-3-5-9(20)6-4-8/h3-6,10-12,20H,7,16H2,1-2H3,(H,17,21)(H,22,23)/t10?,11-,12+/m1/s1. The second-order valence-electron chi connectivity index (χ2n) is 6.19. The molecule has 1 saturated heterocycles. The Kier molecular flexibility index (Phi) is 5.53. The van der Waals surface area contributed by atoms with Crippen LogP contribution in [0.5, 0.6) is 5.75 Å². The van der Waals surface area contributed by atoms with E-state index in [-0.39, 0.29) is 12.3 Å². The van der Waals surface area contributed by atoms with Crippen molar-refractivity contribution in [3.8, 4) is 5.75 Å². The smallest absolute Gasteiger partial charge is 0.329 e. The van der Waals surface area contributed by atoms with Gasteiger partial charge in [0.25, 0.3) is 0 Å². The van der Waals surface area contributed by atoms with Crippen molar-refractivity contribution in [2.75, 3.05) is 6.54 Å². The van der Waals surface area contributed by atoms with Gasteiger partial charge in [0.2, 0.25) is 5.91 Å². The van der Waals surface area contributed by atoms with Gasteiger partial charge in [-0.2, -0.15) is 0 Å². The molecule has 1 aromatic carbocycles. The molecule has 0 aliphatic carbocycles. The topological polar surface area (TPSA) is 145 Å². The first-order valence-electron chi connectivity index (χ1n) is 7.52. The number of aliphatic carboxylic acids is 1. The zero-order valence-corrected chi connectivity index (χ0v) is 14.6. The van der Waals surface area contributed by atoms with Crippen molar-refractivity contribution in [1.82, 2.24) is 10.3 Å². The summed E-state index contributed by atoms with van der Waals surface area (Å²) in [5.41, 5.74) is 6.39. The Bertz CT molecular complexity index is 666. The number of phenolic OH excluding ortho intramolecular Hbond substituents is 1. The zero-order valence-electron chi connectivity index (χ0n) is 13.7. The highest BCUT2D eigenvalue weighted by Crippen LogP contribution is 2.44. The normalized spacial score (nSPS) is 23.1. The van der Waals surface area contributed by atoms with Crippen molar-refractivity contribution in [3.63, 3.8) is 0 Å². The number of amides is 1. The van der Waals surface area contributed by atoms with E-state index in [4.69, 9.17) is 5.73 Å². The van der Waals surface area contributed by atoms with Crippen LogP contribution < -0.4 is 11.1 Å². The van der Waals surface area contributed by atoms with Gasteiger partial charge in [-0.3, -0.25) is 4.79 Å². The second-order valence-corrected chi connectivity index (χ2v) is 8.02. The summed E-state index contributed by atoms with van der Waals surface area (Å²) in [6.07, 6.45) is 0. The van der Waals surface area contributed by atoms with Crippen LogP contribution in [0.4, 0.5) is 0 Å². The van der Waals surface area contributed by atoms with Crippen molar-refractivity contribution < 1.29 is 19.8 Å². The molecule has 1 heterocycles. The minimum absolute atomic E-state index is 0.0221. The number of benzene rings is 1. The van der Waals surface area contributed by atoms with Crippen LogP contribution in [0.2, 0.25) is 0 Å². The molecular weight excluding hydrogens is 348 g/mol. The van der Waals surface area contributed by atoms with Crippen molar-refractivity contribution in [1.29, 1.82) is 0 Å². The van der Waals surface area contributed by atoms with Gasteiger partial charge in [-0.25, -0.2) is 9.80 Å².